The fourth-order valence-corrected chi connectivity index (χ4v) is 2.74. The van der Waals surface area contributed by atoms with Crippen LogP contribution in [0.2, 0.25) is 0 Å². The maximum absolute atomic E-state index is 10.8. The van der Waals surface area contributed by atoms with Gasteiger partial charge >= 0.3 is 5.97 Å². The molecule has 0 fully saturated rings. The van der Waals surface area contributed by atoms with Crippen molar-refractivity contribution >= 4 is 38.9 Å². The second-order valence-corrected chi connectivity index (χ2v) is 5.80. The van der Waals surface area contributed by atoms with Gasteiger partial charge < -0.3 is 15.2 Å². The van der Waals surface area contributed by atoms with E-state index in [0.29, 0.717) is 11.4 Å². The average molecular weight is 342 g/mol. The van der Waals surface area contributed by atoms with Gasteiger partial charge in [-0.25, -0.2) is 4.79 Å². The predicted octanol–water partition coefficient (Wildman–Crippen LogP) is 3.83. The van der Waals surface area contributed by atoms with E-state index in [1.165, 1.54) is 11.3 Å². The van der Waals surface area contributed by atoms with Crippen molar-refractivity contribution in [2.45, 2.75) is 6.54 Å². The van der Waals surface area contributed by atoms with Gasteiger partial charge in [-0.3, -0.25) is 0 Å². The van der Waals surface area contributed by atoms with E-state index in [2.05, 4.69) is 21.2 Å². The zero-order valence-corrected chi connectivity index (χ0v) is 12.5. The number of hydrogen-bond donors (Lipinski definition) is 2. The molecule has 19 heavy (non-hydrogen) atoms. The molecule has 1 aromatic carbocycles. The first-order valence-corrected chi connectivity index (χ1v) is 7.10. The van der Waals surface area contributed by atoms with Crippen molar-refractivity contribution in [1.29, 1.82) is 0 Å². The van der Waals surface area contributed by atoms with Gasteiger partial charge in [-0.1, -0.05) is 0 Å². The minimum Gasteiger partial charge on any atom is -0.495 e. The van der Waals surface area contributed by atoms with Gasteiger partial charge in [-0.05, 0) is 40.2 Å². The molecule has 2 aromatic rings. The van der Waals surface area contributed by atoms with Crippen LogP contribution >= 0.6 is 27.3 Å². The molecule has 0 aliphatic carbocycles. The van der Waals surface area contributed by atoms with E-state index in [9.17, 15) is 4.79 Å². The van der Waals surface area contributed by atoms with E-state index in [4.69, 9.17) is 9.84 Å². The summed E-state index contributed by atoms with van der Waals surface area (Å²) in [4.78, 5) is 12.1. The number of hydrogen-bond acceptors (Lipinski definition) is 4. The van der Waals surface area contributed by atoms with Crippen LogP contribution in [0, 0.1) is 0 Å². The molecule has 0 aliphatic heterocycles. The second-order valence-electron chi connectivity index (χ2n) is 3.77. The second kappa shape index (κ2) is 6.08. The number of benzene rings is 1. The van der Waals surface area contributed by atoms with E-state index >= 15 is 0 Å². The van der Waals surface area contributed by atoms with Crippen LogP contribution < -0.4 is 10.1 Å². The largest absolute Gasteiger partial charge is 0.495 e. The van der Waals surface area contributed by atoms with Crippen LogP contribution in [0.3, 0.4) is 0 Å². The molecular weight excluding hydrogens is 330 g/mol. The molecular formula is C13H12BrNO3S. The number of rotatable bonds is 5. The van der Waals surface area contributed by atoms with Crippen LogP contribution in [0.15, 0.2) is 34.8 Å². The van der Waals surface area contributed by atoms with Gasteiger partial charge in [-0.2, -0.15) is 0 Å². The molecule has 2 N–H and O–H groups in total. The first kappa shape index (κ1) is 13.9. The minimum atomic E-state index is -0.887. The van der Waals surface area contributed by atoms with E-state index in [-0.39, 0.29) is 0 Å². The fraction of sp³-hybridized carbons (Fsp3) is 0.154. The number of anilines is 1. The van der Waals surface area contributed by atoms with Gasteiger partial charge in [0.25, 0.3) is 0 Å². The Kier molecular flexibility index (Phi) is 4.44. The zero-order chi connectivity index (χ0) is 13.8. The maximum atomic E-state index is 10.8. The van der Waals surface area contributed by atoms with Crippen LogP contribution in [0.1, 0.15) is 14.5 Å². The third-order valence-corrected chi connectivity index (χ3v) is 4.22. The monoisotopic (exact) mass is 341 g/mol. The molecule has 1 heterocycles. The molecule has 0 bridgehead atoms. The standard InChI is InChI=1S/C13H12BrNO3S/c1-18-11-6-8(2-4-10(11)14)15-7-9-3-5-12(19-9)13(16)17/h2-6,15H,7H2,1H3,(H,16,17). The van der Waals surface area contributed by atoms with Gasteiger partial charge in [0.1, 0.15) is 10.6 Å². The Balaban J connectivity index is 2.03. The lowest BCUT2D eigenvalue weighted by molar-refractivity contribution is 0.0702. The highest BCUT2D eigenvalue weighted by atomic mass is 79.9. The van der Waals surface area contributed by atoms with E-state index in [1.807, 2.05) is 24.3 Å². The van der Waals surface area contributed by atoms with Crippen molar-refractivity contribution in [2.24, 2.45) is 0 Å². The highest BCUT2D eigenvalue weighted by Crippen LogP contribution is 2.28. The summed E-state index contributed by atoms with van der Waals surface area (Å²) in [6.07, 6.45) is 0. The van der Waals surface area contributed by atoms with Crippen LogP contribution in [-0.2, 0) is 6.54 Å². The summed E-state index contributed by atoms with van der Waals surface area (Å²) in [6, 6.07) is 9.15. The molecule has 6 heteroatoms. The van der Waals surface area contributed by atoms with Crippen LogP contribution in [-0.4, -0.2) is 18.2 Å². The Labute approximate surface area is 123 Å². The number of methoxy groups -OCH3 is 1. The molecule has 0 radical (unpaired) electrons. The molecule has 0 atom stereocenters. The van der Waals surface area contributed by atoms with E-state index in [0.717, 1.165) is 20.8 Å². The van der Waals surface area contributed by atoms with Crippen molar-refractivity contribution in [1.82, 2.24) is 0 Å². The molecule has 0 saturated carbocycles. The summed E-state index contributed by atoms with van der Waals surface area (Å²) < 4.78 is 6.10. The molecule has 2 rings (SSSR count). The summed E-state index contributed by atoms with van der Waals surface area (Å²) >= 11 is 4.66. The third kappa shape index (κ3) is 3.48. The fourth-order valence-electron chi connectivity index (χ4n) is 1.55. The summed E-state index contributed by atoms with van der Waals surface area (Å²) in [6.45, 7) is 0.586. The minimum absolute atomic E-state index is 0.352. The Bertz CT molecular complexity index is 597. The van der Waals surface area contributed by atoms with Crippen molar-refractivity contribution < 1.29 is 14.6 Å². The molecule has 0 spiro atoms. The lowest BCUT2D eigenvalue weighted by Gasteiger charge is -2.08. The Hall–Kier alpha value is -1.53. The number of nitrogens with one attached hydrogen (secondary N) is 1. The molecule has 0 unspecified atom stereocenters. The van der Waals surface area contributed by atoms with Gasteiger partial charge in [0.2, 0.25) is 0 Å². The van der Waals surface area contributed by atoms with Crippen LogP contribution in [0.25, 0.3) is 0 Å². The normalized spacial score (nSPS) is 10.2. The summed E-state index contributed by atoms with van der Waals surface area (Å²) in [7, 11) is 1.61. The molecule has 0 amide bonds. The number of halogens is 1. The van der Waals surface area contributed by atoms with Gasteiger partial charge in [0.05, 0.1) is 11.6 Å². The number of ether oxygens (including phenoxy) is 1. The Morgan fingerprint density at radius 3 is 2.84 bits per heavy atom. The van der Waals surface area contributed by atoms with E-state index < -0.39 is 5.97 Å². The van der Waals surface area contributed by atoms with Gasteiger partial charge in [0, 0.05) is 23.2 Å². The highest BCUT2D eigenvalue weighted by Gasteiger charge is 2.07. The number of carboxylic acids is 1. The highest BCUT2D eigenvalue weighted by molar-refractivity contribution is 9.10. The SMILES string of the molecule is COc1cc(NCc2ccc(C(=O)O)s2)ccc1Br. The van der Waals surface area contributed by atoms with Crippen LogP contribution in [0.4, 0.5) is 5.69 Å². The summed E-state index contributed by atoms with van der Waals surface area (Å²) in [5, 5.41) is 12.1. The van der Waals surface area contributed by atoms with Gasteiger partial charge in [0.15, 0.2) is 0 Å². The number of thiophene rings is 1. The molecule has 0 aliphatic rings. The Morgan fingerprint density at radius 1 is 1.42 bits per heavy atom. The van der Waals surface area contributed by atoms with Crippen molar-refractivity contribution in [3.05, 3.63) is 44.6 Å². The van der Waals surface area contributed by atoms with Crippen molar-refractivity contribution in [3.8, 4) is 5.75 Å². The quantitative estimate of drug-likeness (QED) is 0.867. The molecule has 100 valence electrons. The zero-order valence-electron chi connectivity index (χ0n) is 10.1. The van der Waals surface area contributed by atoms with Crippen molar-refractivity contribution in [2.75, 3.05) is 12.4 Å². The number of carbonyl (C=O) groups is 1. The first-order chi connectivity index (χ1) is 9.10. The number of aromatic carboxylic acids is 1. The number of carboxylic acid groups (broad SMARTS) is 1. The third-order valence-electron chi connectivity index (χ3n) is 2.49. The maximum Gasteiger partial charge on any atom is 0.345 e. The first-order valence-electron chi connectivity index (χ1n) is 5.49. The smallest absolute Gasteiger partial charge is 0.345 e. The molecule has 0 saturated heterocycles. The summed E-state index contributed by atoms with van der Waals surface area (Å²) in [5.41, 5.74) is 0.922. The van der Waals surface area contributed by atoms with Crippen molar-refractivity contribution in [3.63, 3.8) is 0 Å². The van der Waals surface area contributed by atoms with Gasteiger partial charge in [-0.15, -0.1) is 11.3 Å². The Morgan fingerprint density at radius 2 is 2.21 bits per heavy atom. The lowest BCUT2D eigenvalue weighted by atomic mass is 10.3. The molecule has 1 aromatic heterocycles. The molecule has 4 nitrogen and oxygen atoms in total. The van der Waals surface area contributed by atoms with Crippen LogP contribution in [0.5, 0.6) is 5.75 Å². The topological polar surface area (TPSA) is 58.6 Å². The van der Waals surface area contributed by atoms with E-state index in [1.54, 1.807) is 13.2 Å². The summed E-state index contributed by atoms with van der Waals surface area (Å²) in [5.74, 6) is -0.135. The lowest BCUT2D eigenvalue weighted by Crippen LogP contribution is -1.98. The predicted molar refractivity (Wildman–Crippen MR) is 79.3 cm³/mol. The average Bonchev–Trinajstić information content (AvgIpc) is 2.87.